The van der Waals surface area contributed by atoms with Gasteiger partial charge in [0, 0.05) is 19.6 Å². The molecule has 0 aliphatic carbocycles. The van der Waals surface area contributed by atoms with Crippen LogP contribution in [-0.4, -0.2) is 83.1 Å². The highest BCUT2D eigenvalue weighted by molar-refractivity contribution is 5.87. The number of ether oxygens (including phenoxy) is 1. The normalized spacial score (nSPS) is 13.4. The van der Waals surface area contributed by atoms with Crippen molar-refractivity contribution in [1.82, 2.24) is 16.0 Å². The maximum Gasteiger partial charge on any atom is 0.306 e. The minimum atomic E-state index is -0.929. The molecule has 60 heavy (non-hydrogen) atoms. The SMILES string of the molecule is CCCCCCCCCCCC(=O)O[C@H](CCCCCCCCCCC)CC(=O)N[C@@H](CO)CCCNC(=O)[C@H](CCO)NC(=O)C[C@H](O)CCCCCCCCCCC. The molecule has 0 saturated heterocycles. The van der Waals surface area contributed by atoms with Crippen LogP contribution in [0.25, 0.3) is 0 Å². The van der Waals surface area contributed by atoms with Crippen molar-refractivity contribution in [3.63, 3.8) is 0 Å². The number of carbonyl (C=O) groups is 4. The monoisotopic (exact) mass is 854 g/mol. The number of hydrogen-bond donors (Lipinski definition) is 6. The standard InChI is InChI=1S/C49H95N3O8/c1-4-7-10-13-16-19-22-25-28-33-43(55)39-46(56)52-45(36-38-53)49(59)50-37-31-32-42(41-54)51-47(57)40-44(34-29-26-23-20-17-14-11-8-5-2)60-48(58)35-30-27-24-21-18-15-12-9-6-3/h42-45,53-55H,4-41H2,1-3H3,(H,50,59)(H,51,57)(H,52,56)/t42-,43-,44-,45+/m1/s1. The lowest BCUT2D eigenvalue weighted by molar-refractivity contribution is -0.151. The van der Waals surface area contributed by atoms with E-state index in [0.717, 1.165) is 57.8 Å². The fourth-order valence-electron chi connectivity index (χ4n) is 7.75. The Hall–Kier alpha value is -2.24. The van der Waals surface area contributed by atoms with E-state index in [9.17, 15) is 34.5 Å². The second-order valence-electron chi connectivity index (χ2n) is 17.5. The van der Waals surface area contributed by atoms with Crippen molar-refractivity contribution in [1.29, 1.82) is 0 Å². The van der Waals surface area contributed by atoms with Crippen molar-refractivity contribution in [3.8, 4) is 0 Å². The van der Waals surface area contributed by atoms with Gasteiger partial charge in [0.1, 0.15) is 12.1 Å². The molecule has 6 N–H and O–H groups in total. The number of hydrogen-bond acceptors (Lipinski definition) is 8. The molecule has 0 bridgehead atoms. The molecular formula is C49H95N3O8. The summed E-state index contributed by atoms with van der Waals surface area (Å²) >= 11 is 0. The average molecular weight is 854 g/mol. The van der Waals surface area contributed by atoms with Crippen LogP contribution in [0.1, 0.15) is 245 Å². The number of unbranched alkanes of at least 4 members (excludes halogenated alkanes) is 24. The molecule has 0 aromatic carbocycles. The molecule has 0 spiro atoms. The maximum absolute atomic E-state index is 13.1. The molecule has 0 aliphatic rings. The van der Waals surface area contributed by atoms with Gasteiger partial charge >= 0.3 is 5.97 Å². The van der Waals surface area contributed by atoms with Gasteiger partial charge in [-0.25, -0.2) is 0 Å². The summed E-state index contributed by atoms with van der Waals surface area (Å²) in [4.78, 5) is 51.5. The Labute approximate surface area is 367 Å². The number of aliphatic hydroxyl groups is 3. The fourth-order valence-corrected chi connectivity index (χ4v) is 7.75. The first-order valence-electron chi connectivity index (χ1n) is 25.2. The number of esters is 1. The van der Waals surface area contributed by atoms with E-state index in [-0.39, 0.29) is 50.9 Å². The van der Waals surface area contributed by atoms with Gasteiger partial charge in [-0.05, 0) is 44.9 Å². The van der Waals surface area contributed by atoms with Crippen molar-refractivity contribution in [2.45, 2.75) is 270 Å². The van der Waals surface area contributed by atoms with Crippen molar-refractivity contribution < 1.29 is 39.2 Å². The Morgan fingerprint density at radius 3 is 1.43 bits per heavy atom. The van der Waals surface area contributed by atoms with Gasteiger partial charge in [-0.3, -0.25) is 19.2 Å². The summed E-state index contributed by atoms with van der Waals surface area (Å²) < 4.78 is 5.87. The van der Waals surface area contributed by atoms with E-state index < -0.39 is 36.1 Å². The van der Waals surface area contributed by atoms with Crippen LogP contribution in [0, 0.1) is 0 Å². The van der Waals surface area contributed by atoms with E-state index in [0.29, 0.717) is 32.1 Å². The molecule has 11 nitrogen and oxygen atoms in total. The molecule has 354 valence electrons. The van der Waals surface area contributed by atoms with Gasteiger partial charge in [-0.2, -0.15) is 0 Å². The Balaban J connectivity index is 4.73. The molecule has 0 aliphatic heterocycles. The van der Waals surface area contributed by atoms with E-state index in [4.69, 9.17) is 4.74 Å². The van der Waals surface area contributed by atoms with Gasteiger partial charge < -0.3 is 36.0 Å². The number of carbonyl (C=O) groups excluding carboxylic acids is 4. The van der Waals surface area contributed by atoms with Gasteiger partial charge in [0.15, 0.2) is 0 Å². The maximum atomic E-state index is 13.1. The Bertz CT molecular complexity index is 1020. The quantitative estimate of drug-likeness (QED) is 0.0259. The molecule has 0 rings (SSSR count). The van der Waals surface area contributed by atoms with Crippen LogP contribution < -0.4 is 16.0 Å². The van der Waals surface area contributed by atoms with Gasteiger partial charge in [0.25, 0.3) is 0 Å². The minimum absolute atomic E-state index is 0.0458. The molecule has 0 heterocycles. The van der Waals surface area contributed by atoms with Crippen molar-refractivity contribution in [2.24, 2.45) is 0 Å². The van der Waals surface area contributed by atoms with Crippen molar-refractivity contribution in [2.75, 3.05) is 19.8 Å². The summed E-state index contributed by atoms with van der Waals surface area (Å²) in [6.07, 6.45) is 32.8. The van der Waals surface area contributed by atoms with Crippen LogP contribution in [0.2, 0.25) is 0 Å². The third-order valence-electron chi connectivity index (χ3n) is 11.6. The molecule has 0 unspecified atom stereocenters. The van der Waals surface area contributed by atoms with Crippen LogP contribution in [0.15, 0.2) is 0 Å². The Kier molecular flexibility index (Phi) is 41.8. The summed E-state index contributed by atoms with van der Waals surface area (Å²) in [6, 6.07) is -1.46. The molecule has 0 aromatic heterocycles. The zero-order valence-corrected chi connectivity index (χ0v) is 39.1. The number of rotatable bonds is 45. The summed E-state index contributed by atoms with van der Waals surface area (Å²) in [6.45, 7) is 6.36. The average Bonchev–Trinajstić information content (AvgIpc) is 3.22. The topological polar surface area (TPSA) is 174 Å². The summed E-state index contributed by atoms with van der Waals surface area (Å²) in [5.74, 6) is -1.39. The number of amides is 3. The molecule has 0 radical (unpaired) electrons. The van der Waals surface area contributed by atoms with Gasteiger partial charge in [0.05, 0.1) is 31.6 Å². The largest absolute Gasteiger partial charge is 0.462 e. The van der Waals surface area contributed by atoms with Crippen LogP contribution >= 0.6 is 0 Å². The summed E-state index contributed by atoms with van der Waals surface area (Å²) in [7, 11) is 0. The van der Waals surface area contributed by atoms with Crippen LogP contribution in [0.3, 0.4) is 0 Å². The van der Waals surface area contributed by atoms with E-state index in [1.807, 2.05) is 0 Å². The highest BCUT2D eigenvalue weighted by atomic mass is 16.5. The summed E-state index contributed by atoms with van der Waals surface area (Å²) in [5.41, 5.74) is 0. The van der Waals surface area contributed by atoms with Crippen molar-refractivity contribution >= 4 is 23.7 Å². The number of aliphatic hydroxyl groups excluding tert-OH is 3. The predicted octanol–water partition coefficient (Wildman–Crippen LogP) is 10.0. The van der Waals surface area contributed by atoms with E-state index in [2.05, 4.69) is 36.7 Å². The first-order chi connectivity index (χ1) is 29.2. The summed E-state index contributed by atoms with van der Waals surface area (Å²) in [5, 5.41) is 38.3. The van der Waals surface area contributed by atoms with Crippen LogP contribution in [0.5, 0.6) is 0 Å². The molecule has 0 saturated carbocycles. The van der Waals surface area contributed by atoms with E-state index in [1.165, 1.54) is 116 Å². The van der Waals surface area contributed by atoms with Crippen LogP contribution in [-0.2, 0) is 23.9 Å². The lowest BCUT2D eigenvalue weighted by Crippen LogP contribution is -2.48. The second kappa shape index (κ2) is 43.4. The third-order valence-corrected chi connectivity index (χ3v) is 11.6. The van der Waals surface area contributed by atoms with Crippen molar-refractivity contribution in [3.05, 3.63) is 0 Å². The van der Waals surface area contributed by atoms with Gasteiger partial charge in [-0.15, -0.1) is 0 Å². The fraction of sp³-hybridized carbons (Fsp3) is 0.918. The molecule has 11 heteroatoms. The highest BCUT2D eigenvalue weighted by Gasteiger charge is 2.23. The van der Waals surface area contributed by atoms with E-state index in [1.54, 1.807) is 0 Å². The molecule has 0 fully saturated rings. The predicted molar refractivity (Wildman–Crippen MR) is 246 cm³/mol. The third kappa shape index (κ3) is 37.5. The Morgan fingerprint density at radius 1 is 0.500 bits per heavy atom. The molecular weight excluding hydrogens is 759 g/mol. The zero-order chi connectivity index (χ0) is 44.3. The molecule has 3 amide bonds. The highest BCUT2D eigenvalue weighted by Crippen LogP contribution is 2.17. The second-order valence-corrected chi connectivity index (χ2v) is 17.5. The van der Waals surface area contributed by atoms with Gasteiger partial charge in [-0.1, -0.05) is 181 Å². The first kappa shape index (κ1) is 57.8. The number of nitrogens with one attached hydrogen (secondary N) is 3. The van der Waals surface area contributed by atoms with Gasteiger partial charge in [0.2, 0.25) is 17.7 Å². The first-order valence-corrected chi connectivity index (χ1v) is 25.2. The molecule has 4 atom stereocenters. The van der Waals surface area contributed by atoms with E-state index >= 15 is 0 Å². The Morgan fingerprint density at radius 2 is 0.950 bits per heavy atom. The smallest absolute Gasteiger partial charge is 0.306 e. The lowest BCUT2D eigenvalue weighted by Gasteiger charge is -2.21. The zero-order valence-electron chi connectivity index (χ0n) is 39.1. The molecule has 0 aromatic rings. The van der Waals surface area contributed by atoms with Crippen LogP contribution in [0.4, 0.5) is 0 Å². The lowest BCUT2D eigenvalue weighted by atomic mass is 10.0. The minimum Gasteiger partial charge on any atom is -0.462 e.